The maximum atomic E-state index is 14.0. The number of alkyl carbamates (subject to hydrolysis) is 1. The number of benzene rings is 2. The van der Waals surface area contributed by atoms with E-state index in [0.29, 0.717) is 25.1 Å². The summed E-state index contributed by atoms with van der Waals surface area (Å²) >= 11 is 0. The molecule has 2 fully saturated rings. The van der Waals surface area contributed by atoms with Crippen LogP contribution in [0.15, 0.2) is 59.5 Å². The number of fused-ring (bicyclic) bond motifs is 1. The molecule has 0 aromatic heterocycles. The van der Waals surface area contributed by atoms with E-state index in [9.17, 15) is 26.7 Å². The Bertz CT molecular complexity index is 1490. The van der Waals surface area contributed by atoms with Crippen molar-refractivity contribution in [3.63, 3.8) is 0 Å². The van der Waals surface area contributed by atoms with Crippen molar-refractivity contribution in [2.75, 3.05) is 44.8 Å². The Labute approximate surface area is 265 Å². The first-order chi connectivity index (χ1) is 21.1. The highest BCUT2D eigenvalue weighted by molar-refractivity contribution is 7.89. The Hall–Kier alpha value is -2.79. The summed E-state index contributed by atoms with van der Waals surface area (Å²) in [6.45, 7) is 4.04. The lowest BCUT2D eigenvalue weighted by Gasteiger charge is -2.35. The Kier molecular flexibility index (Phi) is 11.5. The smallest absolute Gasteiger partial charge is 0.407 e. The number of hydrogen-bond donors (Lipinski definition) is 4. The fourth-order valence-corrected chi connectivity index (χ4v) is 7.64. The van der Waals surface area contributed by atoms with Gasteiger partial charge in [0.2, 0.25) is 20.0 Å². The molecule has 2 aliphatic heterocycles. The van der Waals surface area contributed by atoms with Crippen LogP contribution in [0.4, 0.5) is 10.5 Å². The van der Waals surface area contributed by atoms with Gasteiger partial charge in [0.1, 0.15) is 6.10 Å². The van der Waals surface area contributed by atoms with Crippen LogP contribution < -0.4 is 15.8 Å². The Morgan fingerprint density at radius 1 is 1.11 bits per heavy atom. The Morgan fingerprint density at radius 2 is 1.80 bits per heavy atom. The van der Waals surface area contributed by atoms with Gasteiger partial charge in [0.05, 0.1) is 42.4 Å². The number of aliphatic hydroxyl groups is 1. The van der Waals surface area contributed by atoms with Crippen molar-refractivity contribution >= 4 is 31.8 Å². The van der Waals surface area contributed by atoms with Crippen molar-refractivity contribution in [1.82, 2.24) is 14.3 Å². The zero-order valence-corrected chi connectivity index (χ0v) is 27.4. The summed E-state index contributed by atoms with van der Waals surface area (Å²) < 4.78 is 71.5. The monoisotopic (exact) mass is 668 g/mol. The summed E-state index contributed by atoms with van der Waals surface area (Å²) in [5, 5.41) is 14.4. The summed E-state index contributed by atoms with van der Waals surface area (Å²) in [5.41, 5.74) is 6.29. The molecule has 2 aromatic rings. The third kappa shape index (κ3) is 10.1. The molecule has 2 heterocycles. The Morgan fingerprint density at radius 3 is 2.47 bits per heavy atom. The van der Waals surface area contributed by atoms with E-state index in [4.69, 9.17) is 19.9 Å². The second-order valence-electron chi connectivity index (χ2n) is 12.4. The van der Waals surface area contributed by atoms with Gasteiger partial charge < -0.3 is 30.4 Å². The first-order valence-corrected chi connectivity index (χ1v) is 18.2. The first kappa shape index (κ1) is 35.1. The molecule has 13 nitrogen and oxygen atoms in total. The topological polar surface area (TPSA) is 187 Å². The van der Waals surface area contributed by atoms with E-state index in [2.05, 4.69) is 10.0 Å². The molecular weight excluding hydrogens is 624 g/mol. The largest absolute Gasteiger partial charge is 0.443 e. The number of aliphatic hydroxyl groups excluding tert-OH is 1. The molecule has 0 saturated carbocycles. The summed E-state index contributed by atoms with van der Waals surface area (Å²) in [6, 6.07) is 14.0. The molecule has 0 unspecified atom stereocenters. The van der Waals surface area contributed by atoms with Gasteiger partial charge in [-0.15, -0.1) is 0 Å². The molecule has 5 atom stereocenters. The van der Waals surface area contributed by atoms with Gasteiger partial charge in [-0.1, -0.05) is 44.2 Å². The summed E-state index contributed by atoms with van der Waals surface area (Å²) in [6.07, 6.45) is -0.746. The summed E-state index contributed by atoms with van der Waals surface area (Å²) in [4.78, 5) is 13.1. The summed E-state index contributed by atoms with van der Waals surface area (Å²) in [5.74, 6) is -0.0757. The number of nitrogen functional groups attached to an aromatic ring is 1. The molecule has 0 spiro atoms. The molecule has 2 saturated heterocycles. The second-order valence-corrected chi connectivity index (χ2v) is 16.2. The lowest BCUT2D eigenvalue weighted by Crippen LogP contribution is -2.52. The number of nitrogens with two attached hydrogens (primary N) is 1. The molecule has 2 aliphatic rings. The van der Waals surface area contributed by atoms with Crippen LogP contribution in [0.1, 0.15) is 32.3 Å². The number of ether oxygens (including phenoxy) is 3. The minimum Gasteiger partial charge on any atom is -0.443 e. The average Bonchev–Trinajstić information content (AvgIpc) is 3.57. The minimum atomic E-state index is -4.16. The minimum absolute atomic E-state index is 0.0180. The van der Waals surface area contributed by atoms with Crippen molar-refractivity contribution in [2.45, 2.75) is 62.5 Å². The third-order valence-electron chi connectivity index (χ3n) is 7.99. The Balaban J connectivity index is 1.55. The number of nitrogens with one attached hydrogen (secondary N) is 2. The van der Waals surface area contributed by atoms with E-state index >= 15 is 0 Å². The van der Waals surface area contributed by atoms with Crippen LogP contribution in [-0.4, -0.2) is 96.0 Å². The fraction of sp³-hybridized carbons (Fsp3) is 0.567. The normalized spacial score (nSPS) is 21.8. The van der Waals surface area contributed by atoms with Gasteiger partial charge in [-0.2, -0.15) is 4.31 Å². The molecule has 5 N–H and O–H groups in total. The number of amides is 1. The van der Waals surface area contributed by atoms with Crippen molar-refractivity contribution in [1.29, 1.82) is 0 Å². The van der Waals surface area contributed by atoms with E-state index in [1.807, 2.05) is 44.2 Å². The predicted octanol–water partition coefficient (Wildman–Crippen LogP) is 1.68. The lowest BCUT2D eigenvalue weighted by molar-refractivity contribution is -0.0907. The molecule has 2 aromatic carbocycles. The quantitative estimate of drug-likeness (QED) is 0.204. The van der Waals surface area contributed by atoms with Crippen LogP contribution in [0.2, 0.25) is 0 Å². The fourth-order valence-electron chi connectivity index (χ4n) is 5.53. The maximum Gasteiger partial charge on any atom is 0.407 e. The predicted molar refractivity (Wildman–Crippen MR) is 168 cm³/mol. The maximum absolute atomic E-state index is 14.0. The van der Waals surface area contributed by atoms with Crippen LogP contribution >= 0.6 is 0 Å². The number of anilines is 1. The molecule has 0 bridgehead atoms. The van der Waals surface area contributed by atoms with Gasteiger partial charge in [-0.3, -0.25) is 0 Å². The van der Waals surface area contributed by atoms with Crippen LogP contribution in [-0.2, 0) is 40.7 Å². The van der Waals surface area contributed by atoms with Gasteiger partial charge >= 0.3 is 6.09 Å². The summed E-state index contributed by atoms with van der Waals surface area (Å²) in [7, 11) is -7.59. The lowest BCUT2D eigenvalue weighted by atomic mass is 9.89. The van der Waals surface area contributed by atoms with Gasteiger partial charge in [0.25, 0.3) is 0 Å². The van der Waals surface area contributed by atoms with Gasteiger partial charge in [0, 0.05) is 25.3 Å². The van der Waals surface area contributed by atoms with Gasteiger partial charge in [-0.25, -0.2) is 26.4 Å². The molecule has 1 amide bonds. The molecular formula is C30H44N4O9S2. The molecule has 250 valence electrons. The standard InChI is InChI=1S/C30H44N4O9S2/c1-30(2,14-15-32-44(3,37)38)20-34(45(39,40)23-11-9-22(31)10-12-23)18-26(35)25(17-21-7-5-4-6-8-21)33-29(36)43-27-19-42-28-24(27)13-16-41-28/h4-12,24-28,32,35H,13-20,31H2,1-3H3,(H,33,36)/t24-,25-,26+,27-,28+/m0/s1. The first-order valence-electron chi connectivity index (χ1n) is 14.9. The van der Waals surface area contributed by atoms with Crippen LogP contribution in [0.5, 0.6) is 0 Å². The van der Waals surface area contributed by atoms with Crippen LogP contribution in [0.25, 0.3) is 0 Å². The van der Waals surface area contributed by atoms with E-state index in [1.54, 1.807) is 0 Å². The molecule has 0 radical (unpaired) electrons. The average molecular weight is 669 g/mol. The van der Waals surface area contributed by atoms with Gasteiger partial charge in [0.15, 0.2) is 6.29 Å². The highest BCUT2D eigenvalue weighted by atomic mass is 32.2. The number of hydrogen-bond acceptors (Lipinski definition) is 10. The van der Waals surface area contributed by atoms with Crippen LogP contribution in [0, 0.1) is 11.3 Å². The number of sulfonamides is 2. The molecule has 4 rings (SSSR count). The number of carbonyl (C=O) groups is 1. The highest BCUT2D eigenvalue weighted by Crippen LogP contribution is 2.33. The third-order valence-corrected chi connectivity index (χ3v) is 10.5. The SMILES string of the molecule is CC(C)(CCNS(C)(=O)=O)CN(C[C@@H](O)[C@H](Cc1ccccc1)NC(=O)O[C@H]1CO[C@H]2OCC[C@H]21)S(=O)(=O)c1ccc(N)cc1. The van der Waals surface area contributed by atoms with Crippen molar-refractivity contribution in [3.05, 3.63) is 60.2 Å². The highest BCUT2D eigenvalue weighted by Gasteiger charge is 2.44. The van der Waals surface area contributed by atoms with E-state index < -0.39 is 56.1 Å². The number of rotatable bonds is 15. The van der Waals surface area contributed by atoms with Gasteiger partial charge in [-0.05, 0) is 54.5 Å². The zero-order chi connectivity index (χ0) is 32.8. The molecule has 45 heavy (non-hydrogen) atoms. The van der Waals surface area contributed by atoms with E-state index in [0.717, 1.165) is 11.8 Å². The van der Waals surface area contributed by atoms with E-state index in [-0.39, 0.29) is 43.5 Å². The van der Waals surface area contributed by atoms with Crippen molar-refractivity contribution < 1.29 is 40.9 Å². The molecule has 0 aliphatic carbocycles. The van der Waals surface area contributed by atoms with Crippen molar-refractivity contribution in [3.8, 4) is 0 Å². The van der Waals surface area contributed by atoms with Crippen LogP contribution in [0.3, 0.4) is 0 Å². The van der Waals surface area contributed by atoms with Crippen molar-refractivity contribution in [2.24, 2.45) is 11.3 Å². The molecule has 15 heteroatoms. The zero-order valence-electron chi connectivity index (χ0n) is 25.8. The number of nitrogens with zero attached hydrogens (tertiary/aromatic N) is 1. The van der Waals surface area contributed by atoms with E-state index in [1.165, 1.54) is 28.6 Å². The number of carbonyl (C=O) groups excluding carboxylic acids is 1. The second kappa shape index (κ2) is 14.8.